The van der Waals surface area contributed by atoms with Crippen molar-refractivity contribution in [3.8, 4) is 68.6 Å². The summed E-state index contributed by atoms with van der Waals surface area (Å²) in [6.07, 6.45) is -13.5. The highest BCUT2D eigenvalue weighted by Crippen LogP contribution is 2.50. The second-order valence-electron chi connectivity index (χ2n) is 31.6. The van der Waals surface area contributed by atoms with Gasteiger partial charge < -0.3 is 137 Å². The minimum absolute atomic E-state index is 0.0276. The number of carbonyl (C=O) groups excluding carboxylic acids is 8. The van der Waals surface area contributed by atoms with Crippen LogP contribution < -0.4 is 72.0 Å². The number of carboxylic acid groups (broad SMARTS) is 1. The monoisotopic (exact) mass is 1780 g/mol. The zero-order chi connectivity index (χ0) is 89.9. The van der Waals surface area contributed by atoms with Crippen LogP contribution in [0.1, 0.15) is 163 Å². The molecule has 7 amide bonds. The average Bonchev–Trinajstić information content (AvgIpc) is 0.765. The molecule has 0 radical (unpaired) electrons. The number of fused-ring (bicyclic) bond motifs is 15. The van der Waals surface area contributed by atoms with Gasteiger partial charge in [-0.3, -0.25) is 38.4 Å². The first-order valence-electron chi connectivity index (χ1n) is 40.4. The summed E-state index contributed by atoms with van der Waals surface area (Å²) in [5, 5.41) is 137. The Balaban J connectivity index is 1.07. The number of hydrogen-bond acceptors (Lipinski definition) is 29. The number of thioether (sulfide) groups is 1. The molecule has 2 fully saturated rings. The number of amides is 7. The maximum Gasteiger partial charge on any atom is 0.330 e. The van der Waals surface area contributed by atoms with Crippen molar-refractivity contribution in [2.45, 2.75) is 215 Å². The highest BCUT2D eigenvalue weighted by Gasteiger charge is 2.52. The number of nitrogens with one attached hydrogen (secondary N) is 8. The van der Waals surface area contributed by atoms with E-state index in [0.29, 0.717) is 35.8 Å². The number of aromatic hydroxyl groups is 3. The van der Waals surface area contributed by atoms with E-state index < -0.39 is 237 Å². The molecule has 18 unspecified atom stereocenters. The number of carboxylic acids is 1. The van der Waals surface area contributed by atoms with Gasteiger partial charge in [-0.25, -0.2) is 4.79 Å². The molecule has 18 atom stereocenters. The highest BCUT2D eigenvalue weighted by molar-refractivity contribution is 8.13. The summed E-state index contributed by atoms with van der Waals surface area (Å²) >= 11 is 15.5. The van der Waals surface area contributed by atoms with E-state index >= 15 is 19.2 Å². The fraction of sp³-hybridized carbons (Fsp3) is 0.471. The molecule has 2 saturated heterocycles. The number of phenols is 3. The third-order valence-corrected chi connectivity index (χ3v) is 23.3. The zero-order valence-corrected chi connectivity index (χ0v) is 71.0. The number of ether oxygens (including phenoxy) is 8. The summed E-state index contributed by atoms with van der Waals surface area (Å²) in [5.74, 6) is -14.7. The van der Waals surface area contributed by atoms with Crippen molar-refractivity contribution in [2.24, 2.45) is 11.7 Å². The number of hydrogen-bond donors (Lipinski definition) is 19. The Hall–Kier alpha value is -10.4. The molecule has 11 bridgehead atoms. The van der Waals surface area contributed by atoms with Crippen molar-refractivity contribution < 1.29 is 132 Å². The predicted molar refractivity (Wildman–Crippen MR) is 446 cm³/mol. The maximum atomic E-state index is 16.3. The van der Waals surface area contributed by atoms with E-state index in [9.17, 15) is 75.0 Å². The first kappa shape index (κ1) is 94.3. The maximum absolute atomic E-state index is 16.3. The zero-order valence-electron chi connectivity index (χ0n) is 68.7. The number of aliphatic carboxylic acids is 1. The van der Waals surface area contributed by atoms with Gasteiger partial charge >= 0.3 is 5.97 Å². The molecule has 7 heterocycles. The quantitative estimate of drug-likeness (QED) is 0.0276. The van der Waals surface area contributed by atoms with Crippen molar-refractivity contribution in [1.29, 1.82) is 0 Å². The van der Waals surface area contributed by atoms with Gasteiger partial charge in [-0.1, -0.05) is 106 Å². The van der Waals surface area contributed by atoms with E-state index in [0.717, 1.165) is 98.8 Å². The Bertz CT molecular complexity index is 4940. The molecule has 13 rings (SSSR count). The molecular formula is C85H103Cl2N9O27S. The number of benzene rings is 6. The lowest BCUT2D eigenvalue weighted by molar-refractivity contribution is -0.334. The Kier molecular flexibility index (Phi) is 31.7. The van der Waals surface area contributed by atoms with Crippen LogP contribution in [0.15, 0.2) is 97.1 Å². The fourth-order valence-corrected chi connectivity index (χ4v) is 16.2. The lowest BCUT2D eigenvalue weighted by Crippen LogP contribution is -2.65. The standard InChI is InChI=1S/C85H103Cl2N9O27S/c1-8-9-10-11-12-22-116-57-19-14-41(26-58(57)117-23-13-24-124-40(5)98)36-90-85(6)35-63(118-39(4)76(85)107)122-75-73(106)72(105)61(37-97)121-84(75)123-74-59-30-45-31-60(74)120-56-21-17-44(29-50(56)87)71(104)69-82(113)94-67(83(114)115)48-32-46(99)33-54(101)64(48)47-27-42(15-18-53(47)100)65(79(110)96-69)93-80(111)66(45)92-78(109)52(34-62(88)102)91-81(112)68(95-77(108)51(89-7)25-38(2)3)70(103)43-16-20-55(119-59)49(86)28-43/h14-21,26-33,38-39,51-52,61,63,65-73,75-76,84,89-90,97,99-101,103-107H,8-13,22-25,34-37H2,1-7H3,(H2,88,102)(H,91,112)(H,92,109)(H,93,111)(H,94,113)(H,95,108)(H,96,110)(H,114,115). The molecule has 0 spiro atoms. The van der Waals surface area contributed by atoms with E-state index in [2.05, 4.69) is 49.5 Å². The molecule has 6 aromatic carbocycles. The number of halogens is 2. The van der Waals surface area contributed by atoms with Crippen molar-refractivity contribution in [3.63, 3.8) is 0 Å². The van der Waals surface area contributed by atoms with Gasteiger partial charge in [0, 0.05) is 53.9 Å². The van der Waals surface area contributed by atoms with Crippen LogP contribution in [0.3, 0.4) is 0 Å². The highest BCUT2D eigenvalue weighted by atomic mass is 35.5. The predicted octanol–water partition coefficient (Wildman–Crippen LogP) is 5.34. The molecule has 0 aromatic heterocycles. The third-order valence-electron chi connectivity index (χ3n) is 21.8. The van der Waals surface area contributed by atoms with Crippen LogP contribution in [0, 0.1) is 5.92 Å². The molecule has 20 N–H and O–H groups in total. The molecule has 6 aromatic rings. The summed E-state index contributed by atoms with van der Waals surface area (Å²) in [4.78, 5) is 130. The van der Waals surface area contributed by atoms with Gasteiger partial charge in [-0.2, -0.15) is 0 Å². The SMILES string of the molecule is CCCCCCCOc1ccc(CNC2(C)CC(OC3C(Oc4c5cc6cc4Oc4ccc(cc4Cl)C(O)C4NC(=O)C(NC(=O)C6NC(=O)C(CC(N)=O)NC(=O)C(NC(=O)C(CC(C)C)NC)C(O)c6ccc(c(Cl)c6)O5)c5ccc(O)c(c5)-c5c(O)cc(O)cc5C(C(=O)O)NC4=O)OC(CO)C(O)C3O)OC(C)C2O)cc1OCCCSC(C)=O. The Morgan fingerprint density at radius 1 is 0.685 bits per heavy atom. The number of unbranched alkanes of at least 4 members (excludes halogenated alkanes) is 4. The first-order chi connectivity index (χ1) is 59.0. The number of likely N-dealkylation sites (N-methyl/N-ethyl adjacent to an activating group) is 1. The van der Waals surface area contributed by atoms with Gasteiger partial charge in [0.05, 0.1) is 54.5 Å². The molecule has 39 heteroatoms. The number of phenolic OH excluding ortho intramolecular Hbond substituents is 3. The Labute approximate surface area is 726 Å². The van der Waals surface area contributed by atoms with E-state index in [-0.39, 0.29) is 64.5 Å². The van der Waals surface area contributed by atoms with Gasteiger partial charge in [0.1, 0.15) is 89.5 Å². The van der Waals surface area contributed by atoms with Crippen LogP contribution in [0.25, 0.3) is 11.1 Å². The van der Waals surface area contributed by atoms with Crippen LogP contribution in [0.4, 0.5) is 0 Å². The molecule has 7 aliphatic heterocycles. The number of carbonyl (C=O) groups is 9. The smallest absolute Gasteiger partial charge is 0.330 e. The fourth-order valence-electron chi connectivity index (χ4n) is 15.2. The van der Waals surface area contributed by atoms with Gasteiger partial charge in [-0.05, 0) is 141 Å². The summed E-state index contributed by atoms with van der Waals surface area (Å²) < 4.78 is 52.2. The van der Waals surface area contributed by atoms with Crippen LogP contribution in [-0.2, 0) is 63.9 Å². The van der Waals surface area contributed by atoms with E-state index in [1.807, 2.05) is 19.9 Å². The number of primary amides is 1. The van der Waals surface area contributed by atoms with Crippen molar-refractivity contribution in [3.05, 3.63) is 140 Å². The normalized spacial score (nSPS) is 26.1. The molecule has 36 nitrogen and oxygen atoms in total. The van der Waals surface area contributed by atoms with Crippen molar-refractivity contribution in [2.75, 3.05) is 32.6 Å². The Morgan fingerprint density at radius 3 is 1.96 bits per heavy atom. The van der Waals surface area contributed by atoms with Gasteiger partial charge in [0.15, 0.2) is 46.5 Å². The third kappa shape index (κ3) is 22.5. The van der Waals surface area contributed by atoms with E-state index in [4.69, 9.17) is 66.8 Å². The van der Waals surface area contributed by atoms with Crippen LogP contribution in [-0.4, -0.2) is 215 Å². The largest absolute Gasteiger partial charge is 0.508 e. The number of aliphatic hydroxyl groups excluding tert-OH is 6. The van der Waals surface area contributed by atoms with Gasteiger partial charge in [-0.15, -0.1) is 0 Å². The summed E-state index contributed by atoms with van der Waals surface area (Å²) in [7, 11) is 1.47. The Morgan fingerprint density at radius 2 is 1.32 bits per heavy atom. The minimum Gasteiger partial charge on any atom is -0.508 e. The summed E-state index contributed by atoms with van der Waals surface area (Å²) in [6.45, 7) is 10.3. The average molecular weight is 1790 g/mol. The molecule has 0 aliphatic carbocycles. The van der Waals surface area contributed by atoms with E-state index in [1.54, 1.807) is 26.0 Å². The van der Waals surface area contributed by atoms with Crippen molar-refractivity contribution >= 4 is 87.4 Å². The molecule has 7 aliphatic rings. The molecular weight excluding hydrogens is 1680 g/mol. The van der Waals surface area contributed by atoms with E-state index in [1.165, 1.54) is 37.9 Å². The van der Waals surface area contributed by atoms with Gasteiger partial charge in [0.2, 0.25) is 53.4 Å². The van der Waals surface area contributed by atoms with Crippen LogP contribution in [0.2, 0.25) is 10.0 Å². The first-order valence-corrected chi connectivity index (χ1v) is 42.2. The number of nitrogens with two attached hydrogens (primary N) is 1. The van der Waals surface area contributed by atoms with Gasteiger partial charge in [0.25, 0.3) is 0 Å². The second kappa shape index (κ2) is 41.6. The minimum atomic E-state index is -2.38. The van der Waals surface area contributed by atoms with Crippen LogP contribution >= 0.6 is 35.0 Å². The number of rotatable bonds is 28. The summed E-state index contributed by atoms with van der Waals surface area (Å²) in [5.41, 5.74) is 2.27. The topological polar surface area (TPSA) is 552 Å². The molecule has 0 saturated carbocycles. The van der Waals surface area contributed by atoms with Crippen LogP contribution in [0.5, 0.6) is 57.5 Å². The molecule has 124 heavy (non-hydrogen) atoms. The second-order valence-corrected chi connectivity index (χ2v) is 33.7. The van der Waals surface area contributed by atoms with Crippen molar-refractivity contribution in [1.82, 2.24) is 42.5 Å². The lowest BCUT2D eigenvalue weighted by Gasteiger charge is -2.48. The lowest BCUT2D eigenvalue weighted by atomic mass is 9.84. The summed E-state index contributed by atoms with van der Waals surface area (Å²) in [6, 6.07) is 4.65. The molecule has 670 valence electrons. The number of aliphatic hydroxyl groups is 6.